The molecule has 7 heteroatoms. The number of nitrogens with zero attached hydrogens (tertiary/aromatic N) is 2. The second-order valence-electron chi connectivity index (χ2n) is 5.88. The number of hydrogen-bond acceptors (Lipinski definition) is 6. The Bertz CT molecular complexity index is 959. The van der Waals surface area contributed by atoms with Crippen LogP contribution in [0.2, 0.25) is 0 Å². The van der Waals surface area contributed by atoms with Crippen molar-refractivity contribution in [3.63, 3.8) is 0 Å². The van der Waals surface area contributed by atoms with Crippen LogP contribution in [-0.2, 0) is 9.53 Å². The molecule has 1 heterocycles. The van der Waals surface area contributed by atoms with Gasteiger partial charge in [0.25, 0.3) is 0 Å². The molecule has 0 unspecified atom stereocenters. The summed E-state index contributed by atoms with van der Waals surface area (Å²) in [7, 11) is 3.20. The van der Waals surface area contributed by atoms with Crippen molar-refractivity contribution < 1.29 is 19.0 Å². The summed E-state index contributed by atoms with van der Waals surface area (Å²) in [6.07, 6.45) is 1.70. The highest BCUT2D eigenvalue weighted by Gasteiger charge is 2.13. The van der Waals surface area contributed by atoms with Gasteiger partial charge >= 0.3 is 0 Å². The normalized spacial score (nSPS) is 10.6. The maximum atomic E-state index is 11.3. The van der Waals surface area contributed by atoms with Gasteiger partial charge in [-0.1, -0.05) is 12.1 Å². The summed E-state index contributed by atoms with van der Waals surface area (Å²) in [5.74, 6) is 1.06. The van der Waals surface area contributed by atoms with E-state index in [2.05, 4.69) is 15.5 Å². The van der Waals surface area contributed by atoms with Gasteiger partial charge in [-0.25, -0.2) is 0 Å². The molecule has 0 saturated carbocycles. The zero-order chi connectivity index (χ0) is 19.2. The first-order valence-electron chi connectivity index (χ1n) is 8.45. The first-order valence-corrected chi connectivity index (χ1v) is 8.45. The van der Waals surface area contributed by atoms with E-state index in [-0.39, 0.29) is 5.91 Å². The molecule has 0 aliphatic rings. The Hall–Kier alpha value is -3.19. The number of aromatic nitrogens is 2. The molecule has 0 bridgehead atoms. The summed E-state index contributed by atoms with van der Waals surface area (Å²) in [4.78, 5) is 11.3. The minimum atomic E-state index is -0.122. The number of fused-ring (bicyclic) bond motifs is 1. The lowest BCUT2D eigenvalue weighted by molar-refractivity contribution is -0.114. The third-order valence-electron chi connectivity index (χ3n) is 3.96. The lowest BCUT2D eigenvalue weighted by Gasteiger charge is -2.13. The fraction of sp³-hybridized carbons (Fsp3) is 0.250. The lowest BCUT2D eigenvalue weighted by atomic mass is 10.0. The Balaban J connectivity index is 2.08. The minimum absolute atomic E-state index is 0.122. The smallest absolute Gasteiger partial charge is 0.221 e. The number of benzene rings is 2. The number of anilines is 1. The van der Waals surface area contributed by atoms with Crippen LogP contribution in [0.5, 0.6) is 11.5 Å². The Morgan fingerprint density at radius 1 is 1.11 bits per heavy atom. The predicted molar refractivity (Wildman–Crippen MR) is 103 cm³/mol. The van der Waals surface area contributed by atoms with Crippen LogP contribution in [0, 0.1) is 0 Å². The molecule has 1 N–H and O–H groups in total. The van der Waals surface area contributed by atoms with Gasteiger partial charge in [-0.05, 0) is 23.8 Å². The molecule has 2 aromatic carbocycles. The number of methoxy groups -OCH3 is 2. The number of hydrogen-bond donors (Lipinski definition) is 1. The van der Waals surface area contributed by atoms with Crippen molar-refractivity contribution in [3.05, 3.63) is 42.6 Å². The van der Waals surface area contributed by atoms with Gasteiger partial charge in [0.1, 0.15) is 6.61 Å². The van der Waals surface area contributed by atoms with Crippen molar-refractivity contribution in [2.75, 3.05) is 32.8 Å². The molecule has 7 nitrogen and oxygen atoms in total. The zero-order valence-electron chi connectivity index (χ0n) is 15.5. The highest BCUT2D eigenvalue weighted by Crippen LogP contribution is 2.36. The molecule has 27 heavy (non-hydrogen) atoms. The molecule has 3 rings (SSSR count). The summed E-state index contributed by atoms with van der Waals surface area (Å²) in [5.41, 5.74) is 3.20. The molecule has 0 radical (unpaired) electrons. The molecular weight excluding hydrogens is 346 g/mol. The van der Waals surface area contributed by atoms with Crippen LogP contribution < -0.4 is 14.8 Å². The SMILES string of the molecule is COCCOc1cc2c(-c3cccc(NC(C)=O)c3)cnnc2cc1OC. The molecule has 0 spiro atoms. The Kier molecular flexibility index (Phi) is 5.83. The van der Waals surface area contributed by atoms with E-state index in [0.29, 0.717) is 30.2 Å². The molecular formula is C20H21N3O4. The van der Waals surface area contributed by atoms with Gasteiger partial charge in [0.05, 0.1) is 25.4 Å². The summed E-state index contributed by atoms with van der Waals surface area (Å²) < 4.78 is 16.2. The maximum Gasteiger partial charge on any atom is 0.221 e. The van der Waals surface area contributed by atoms with Gasteiger partial charge < -0.3 is 19.5 Å². The van der Waals surface area contributed by atoms with E-state index < -0.39 is 0 Å². The molecule has 140 valence electrons. The van der Waals surface area contributed by atoms with E-state index in [1.54, 1.807) is 26.5 Å². The average molecular weight is 367 g/mol. The van der Waals surface area contributed by atoms with Crippen LogP contribution in [0.4, 0.5) is 5.69 Å². The summed E-state index contributed by atoms with van der Waals surface area (Å²) in [5, 5.41) is 12.0. The van der Waals surface area contributed by atoms with Crippen molar-refractivity contribution in [2.24, 2.45) is 0 Å². The number of amides is 1. The van der Waals surface area contributed by atoms with E-state index >= 15 is 0 Å². The quantitative estimate of drug-likeness (QED) is 0.645. The van der Waals surface area contributed by atoms with Gasteiger partial charge in [-0.15, -0.1) is 0 Å². The van der Waals surface area contributed by atoms with E-state index in [1.165, 1.54) is 6.92 Å². The molecule has 0 atom stereocenters. The molecule has 1 amide bonds. The van der Waals surface area contributed by atoms with E-state index in [1.807, 2.05) is 30.3 Å². The number of carbonyl (C=O) groups excluding carboxylic acids is 1. The molecule has 3 aromatic rings. The lowest BCUT2D eigenvalue weighted by Crippen LogP contribution is -2.06. The molecule has 0 fully saturated rings. The van der Waals surface area contributed by atoms with E-state index in [4.69, 9.17) is 14.2 Å². The third-order valence-corrected chi connectivity index (χ3v) is 3.96. The number of rotatable bonds is 7. The molecule has 0 aliphatic carbocycles. The second kappa shape index (κ2) is 8.46. The third kappa shape index (κ3) is 4.32. The molecule has 0 aliphatic heterocycles. The molecule has 0 saturated heterocycles. The number of carbonyl (C=O) groups is 1. The van der Waals surface area contributed by atoms with E-state index in [0.717, 1.165) is 22.2 Å². The maximum absolute atomic E-state index is 11.3. The second-order valence-corrected chi connectivity index (χ2v) is 5.88. The van der Waals surface area contributed by atoms with Gasteiger partial charge in [0.15, 0.2) is 11.5 Å². The highest BCUT2D eigenvalue weighted by molar-refractivity contribution is 5.97. The zero-order valence-corrected chi connectivity index (χ0v) is 15.5. The van der Waals surface area contributed by atoms with Crippen molar-refractivity contribution in [1.29, 1.82) is 0 Å². The topological polar surface area (TPSA) is 82.6 Å². The fourth-order valence-corrected chi connectivity index (χ4v) is 2.77. The first kappa shape index (κ1) is 18.6. The number of ether oxygens (including phenoxy) is 3. The van der Waals surface area contributed by atoms with Gasteiger partial charge in [-0.3, -0.25) is 4.79 Å². The Morgan fingerprint density at radius 3 is 2.70 bits per heavy atom. The number of nitrogens with one attached hydrogen (secondary N) is 1. The minimum Gasteiger partial charge on any atom is -0.493 e. The Labute approximate surface area is 157 Å². The van der Waals surface area contributed by atoms with Crippen molar-refractivity contribution in [3.8, 4) is 22.6 Å². The summed E-state index contributed by atoms with van der Waals surface area (Å²) >= 11 is 0. The van der Waals surface area contributed by atoms with E-state index in [9.17, 15) is 4.79 Å². The van der Waals surface area contributed by atoms with Gasteiger partial charge in [-0.2, -0.15) is 10.2 Å². The van der Waals surface area contributed by atoms with Crippen LogP contribution in [0.15, 0.2) is 42.6 Å². The Morgan fingerprint density at radius 2 is 1.96 bits per heavy atom. The molecule has 1 aromatic heterocycles. The summed E-state index contributed by atoms with van der Waals surface area (Å²) in [6, 6.07) is 11.3. The predicted octanol–water partition coefficient (Wildman–Crippen LogP) is 3.29. The van der Waals surface area contributed by atoms with Crippen LogP contribution in [0.1, 0.15) is 6.92 Å². The van der Waals surface area contributed by atoms with Crippen LogP contribution >= 0.6 is 0 Å². The summed E-state index contributed by atoms with van der Waals surface area (Å²) in [6.45, 7) is 2.36. The largest absolute Gasteiger partial charge is 0.493 e. The van der Waals surface area contributed by atoms with Crippen LogP contribution in [0.25, 0.3) is 22.0 Å². The van der Waals surface area contributed by atoms with Gasteiger partial charge in [0, 0.05) is 36.7 Å². The standard InChI is InChI=1S/C20H21N3O4/c1-13(24)22-15-6-4-5-14(9-15)17-12-21-23-18-11-19(26-3)20(10-16(17)18)27-8-7-25-2/h4-6,9-12H,7-8H2,1-3H3,(H,22,24). The fourth-order valence-electron chi connectivity index (χ4n) is 2.77. The van der Waals surface area contributed by atoms with Crippen molar-refractivity contribution >= 4 is 22.5 Å². The van der Waals surface area contributed by atoms with Crippen molar-refractivity contribution in [2.45, 2.75) is 6.92 Å². The van der Waals surface area contributed by atoms with Crippen molar-refractivity contribution in [1.82, 2.24) is 10.2 Å². The van der Waals surface area contributed by atoms with Crippen LogP contribution in [0.3, 0.4) is 0 Å². The first-order chi connectivity index (χ1) is 13.1. The average Bonchev–Trinajstić information content (AvgIpc) is 2.67. The monoisotopic (exact) mass is 367 g/mol. The van der Waals surface area contributed by atoms with Gasteiger partial charge in [0.2, 0.25) is 5.91 Å². The van der Waals surface area contributed by atoms with Crippen LogP contribution in [-0.4, -0.2) is 43.5 Å². The highest BCUT2D eigenvalue weighted by atomic mass is 16.5.